The van der Waals surface area contributed by atoms with Crippen molar-refractivity contribution in [3.05, 3.63) is 96.6 Å². The number of nitrogens with zero attached hydrogens (tertiary/aromatic N) is 4. The number of benzene rings is 3. The second-order valence-electron chi connectivity index (χ2n) is 7.31. The van der Waals surface area contributed by atoms with E-state index in [4.69, 9.17) is 4.98 Å². The quantitative estimate of drug-likeness (QED) is 0.378. The van der Waals surface area contributed by atoms with Gasteiger partial charge in [0.25, 0.3) is 0 Å². The highest BCUT2D eigenvalue weighted by atomic mass is 15.0. The van der Waals surface area contributed by atoms with Crippen LogP contribution in [0.3, 0.4) is 0 Å². The molecule has 0 amide bonds. The fourth-order valence-electron chi connectivity index (χ4n) is 3.67. The molecular formula is C26H20N4. The normalized spacial score (nSPS) is 11.0. The Kier molecular flexibility index (Phi) is 4.52. The summed E-state index contributed by atoms with van der Waals surface area (Å²) in [5, 5.41) is 2.37. The summed E-state index contributed by atoms with van der Waals surface area (Å²) in [6.07, 6.45) is 1.86. The summed E-state index contributed by atoms with van der Waals surface area (Å²) >= 11 is 0. The van der Waals surface area contributed by atoms with Crippen LogP contribution in [-0.2, 0) is 0 Å². The number of aromatic nitrogens is 4. The molecule has 0 saturated heterocycles. The van der Waals surface area contributed by atoms with Crippen LogP contribution >= 0.6 is 0 Å². The molecule has 0 saturated carbocycles. The Hall–Kier alpha value is -3.92. The number of pyridine rings is 1. The summed E-state index contributed by atoms with van der Waals surface area (Å²) in [7, 11) is 0. The molecule has 0 atom stereocenters. The van der Waals surface area contributed by atoms with Crippen molar-refractivity contribution >= 4 is 10.8 Å². The Morgan fingerprint density at radius 1 is 0.567 bits per heavy atom. The number of rotatable bonds is 3. The van der Waals surface area contributed by atoms with E-state index >= 15 is 0 Å². The van der Waals surface area contributed by atoms with Crippen LogP contribution in [0.4, 0.5) is 0 Å². The molecule has 0 N–H and O–H groups in total. The van der Waals surface area contributed by atoms with Crippen LogP contribution in [0.2, 0.25) is 0 Å². The van der Waals surface area contributed by atoms with E-state index in [1.165, 1.54) is 10.8 Å². The van der Waals surface area contributed by atoms with Crippen molar-refractivity contribution in [2.24, 2.45) is 0 Å². The monoisotopic (exact) mass is 388 g/mol. The summed E-state index contributed by atoms with van der Waals surface area (Å²) < 4.78 is 0. The lowest BCUT2D eigenvalue weighted by molar-refractivity contribution is 0.992. The van der Waals surface area contributed by atoms with Crippen molar-refractivity contribution in [2.75, 3.05) is 0 Å². The van der Waals surface area contributed by atoms with Gasteiger partial charge in [-0.2, -0.15) is 0 Å². The minimum atomic E-state index is 0.684. The van der Waals surface area contributed by atoms with Crippen LogP contribution in [0, 0.1) is 13.8 Å². The van der Waals surface area contributed by atoms with Crippen LogP contribution < -0.4 is 0 Å². The molecular weight excluding hydrogens is 368 g/mol. The Morgan fingerprint density at radius 3 is 2.10 bits per heavy atom. The molecule has 2 aromatic heterocycles. The second-order valence-corrected chi connectivity index (χ2v) is 7.31. The van der Waals surface area contributed by atoms with E-state index in [9.17, 15) is 0 Å². The number of fused-ring (bicyclic) bond motifs is 1. The van der Waals surface area contributed by atoms with Gasteiger partial charge in [-0.15, -0.1) is 0 Å². The maximum atomic E-state index is 4.74. The Bertz CT molecular complexity index is 1360. The van der Waals surface area contributed by atoms with Crippen molar-refractivity contribution in [1.29, 1.82) is 0 Å². The fourth-order valence-corrected chi connectivity index (χ4v) is 3.67. The Morgan fingerprint density at radius 2 is 1.27 bits per heavy atom. The SMILES string of the molecule is Cc1nc(-c2ccccc2)nc(-c2cccc(-c3ccc4c(C)nccc4c3)c2)n1. The van der Waals surface area contributed by atoms with Crippen LogP contribution in [0.15, 0.2) is 85.1 Å². The summed E-state index contributed by atoms with van der Waals surface area (Å²) in [4.78, 5) is 18.2. The molecule has 0 aliphatic carbocycles. The summed E-state index contributed by atoms with van der Waals surface area (Å²) in [6.45, 7) is 3.94. The number of hydrogen-bond acceptors (Lipinski definition) is 4. The molecule has 4 heteroatoms. The summed E-state index contributed by atoms with van der Waals surface area (Å²) in [6, 6.07) is 26.9. The van der Waals surface area contributed by atoms with Gasteiger partial charge >= 0.3 is 0 Å². The molecule has 0 bridgehead atoms. The molecule has 0 unspecified atom stereocenters. The summed E-state index contributed by atoms with van der Waals surface area (Å²) in [5.41, 5.74) is 5.29. The van der Waals surface area contributed by atoms with Crippen LogP contribution in [-0.4, -0.2) is 19.9 Å². The summed E-state index contributed by atoms with van der Waals surface area (Å²) in [5.74, 6) is 2.08. The van der Waals surface area contributed by atoms with Crippen molar-refractivity contribution in [1.82, 2.24) is 19.9 Å². The van der Waals surface area contributed by atoms with E-state index in [1.54, 1.807) is 0 Å². The van der Waals surface area contributed by atoms with Gasteiger partial charge < -0.3 is 0 Å². The highest BCUT2D eigenvalue weighted by Gasteiger charge is 2.10. The van der Waals surface area contributed by atoms with Gasteiger partial charge in [-0.25, -0.2) is 15.0 Å². The lowest BCUT2D eigenvalue weighted by Crippen LogP contribution is -1.99. The van der Waals surface area contributed by atoms with Crippen molar-refractivity contribution in [2.45, 2.75) is 13.8 Å². The first-order chi connectivity index (χ1) is 14.7. The van der Waals surface area contributed by atoms with E-state index in [-0.39, 0.29) is 0 Å². The standard InChI is InChI=1S/C26H20N4/c1-17-24-12-11-21(15-22(24)13-14-27-17)20-9-6-10-23(16-20)26-29-18(2)28-25(30-26)19-7-4-3-5-8-19/h3-16H,1-2H3. The molecule has 3 aromatic carbocycles. The molecule has 0 radical (unpaired) electrons. The van der Waals surface area contributed by atoms with E-state index < -0.39 is 0 Å². The molecule has 144 valence electrons. The fraction of sp³-hybridized carbons (Fsp3) is 0.0769. The van der Waals surface area contributed by atoms with E-state index in [2.05, 4.69) is 51.4 Å². The van der Waals surface area contributed by atoms with Gasteiger partial charge in [-0.1, -0.05) is 60.7 Å². The highest BCUT2D eigenvalue weighted by Crippen LogP contribution is 2.29. The average Bonchev–Trinajstić information content (AvgIpc) is 2.79. The van der Waals surface area contributed by atoms with Crippen LogP contribution in [0.25, 0.3) is 44.7 Å². The maximum Gasteiger partial charge on any atom is 0.163 e. The largest absolute Gasteiger partial charge is 0.261 e. The smallest absolute Gasteiger partial charge is 0.163 e. The molecule has 0 aliphatic rings. The molecule has 0 aliphatic heterocycles. The molecule has 30 heavy (non-hydrogen) atoms. The van der Waals surface area contributed by atoms with E-state index in [0.29, 0.717) is 17.5 Å². The van der Waals surface area contributed by atoms with Crippen molar-refractivity contribution < 1.29 is 0 Å². The van der Waals surface area contributed by atoms with Crippen LogP contribution in [0.1, 0.15) is 11.5 Å². The topological polar surface area (TPSA) is 51.6 Å². The zero-order chi connectivity index (χ0) is 20.5. The minimum absolute atomic E-state index is 0.684. The molecule has 2 heterocycles. The van der Waals surface area contributed by atoms with E-state index in [1.807, 2.05) is 62.5 Å². The lowest BCUT2D eigenvalue weighted by Gasteiger charge is -2.09. The van der Waals surface area contributed by atoms with Gasteiger partial charge in [0.05, 0.1) is 0 Å². The van der Waals surface area contributed by atoms with Crippen molar-refractivity contribution in [3.63, 3.8) is 0 Å². The van der Waals surface area contributed by atoms with Crippen molar-refractivity contribution in [3.8, 4) is 33.9 Å². The first-order valence-electron chi connectivity index (χ1n) is 9.92. The van der Waals surface area contributed by atoms with Gasteiger partial charge in [-0.3, -0.25) is 4.98 Å². The Balaban J connectivity index is 1.58. The first kappa shape index (κ1) is 18.1. The molecule has 4 nitrogen and oxygen atoms in total. The minimum Gasteiger partial charge on any atom is -0.261 e. The molecule has 0 spiro atoms. The van der Waals surface area contributed by atoms with Gasteiger partial charge in [-0.05, 0) is 48.6 Å². The number of hydrogen-bond donors (Lipinski definition) is 0. The van der Waals surface area contributed by atoms with Gasteiger partial charge in [0.15, 0.2) is 11.6 Å². The number of aryl methyl sites for hydroxylation is 2. The lowest BCUT2D eigenvalue weighted by atomic mass is 9.99. The third kappa shape index (κ3) is 3.44. The molecule has 5 rings (SSSR count). The molecule has 5 aromatic rings. The zero-order valence-corrected chi connectivity index (χ0v) is 16.9. The molecule has 0 fully saturated rings. The third-order valence-corrected chi connectivity index (χ3v) is 5.20. The maximum absolute atomic E-state index is 4.74. The van der Waals surface area contributed by atoms with Gasteiger partial charge in [0, 0.05) is 28.4 Å². The van der Waals surface area contributed by atoms with E-state index in [0.717, 1.165) is 27.9 Å². The predicted molar refractivity (Wildman–Crippen MR) is 121 cm³/mol. The van der Waals surface area contributed by atoms with Crippen LogP contribution in [0.5, 0.6) is 0 Å². The zero-order valence-electron chi connectivity index (χ0n) is 16.9. The predicted octanol–water partition coefficient (Wildman–Crippen LogP) is 6.04. The Labute approximate surface area is 175 Å². The highest BCUT2D eigenvalue weighted by molar-refractivity contribution is 5.89. The average molecular weight is 388 g/mol. The van der Waals surface area contributed by atoms with Gasteiger partial charge in [0.2, 0.25) is 0 Å². The van der Waals surface area contributed by atoms with Gasteiger partial charge in [0.1, 0.15) is 5.82 Å². The first-order valence-corrected chi connectivity index (χ1v) is 9.92. The third-order valence-electron chi connectivity index (χ3n) is 5.20. The second kappa shape index (κ2) is 7.48.